The average molecular weight is 412 g/mol. The molecule has 3 amide bonds. The van der Waals surface area contributed by atoms with Gasteiger partial charge in [0.2, 0.25) is 5.91 Å². The van der Waals surface area contributed by atoms with Crippen LogP contribution in [-0.2, 0) is 4.79 Å². The highest BCUT2D eigenvalue weighted by molar-refractivity contribution is 5.96. The van der Waals surface area contributed by atoms with Gasteiger partial charge in [0.15, 0.2) is 0 Å². The van der Waals surface area contributed by atoms with Crippen molar-refractivity contribution in [2.24, 2.45) is 0 Å². The summed E-state index contributed by atoms with van der Waals surface area (Å²) in [5.74, 6) is 0.457. The average Bonchev–Trinajstić information content (AvgIpc) is 3.14. The van der Waals surface area contributed by atoms with E-state index in [2.05, 4.69) is 5.32 Å². The Bertz CT molecular complexity index is 913. The summed E-state index contributed by atoms with van der Waals surface area (Å²) in [5.41, 5.74) is 1.35. The Morgan fingerprint density at radius 2 is 1.77 bits per heavy atom. The zero-order chi connectivity index (χ0) is 21.1. The van der Waals surface area contributed by atoms with Gasteiger partial charge in [-0.3, -0.25) is 4.79 Å². The number of nitrogens with one attached hydrogen (secondary N) is 1. The first-order chi connectivity index (χ1) is 14.5. The molecule has 7 nitrogen and oxygen atoms in total. The summed E-state index contributed by atoms with van der Waals surface area (Å²) in [6.07, 6.45) is 0.271. The fourth-order valence-corrected chi connectivity index (χ4v) is 3.94. The minimum absolute atomic E-state index is 0.0187. The van der Waals surface area contributed by atoms with Crippen LogP contribution >= 0.6 is 0 Å². The van der Waals surface area contributed by atoms with Gasteiger partial charge in [-0.05, 0) is 36.4 Å². The molecule has 2 heterocycles. The lowest BCUT2D eigenvalue weighted by Crippen LogP contribution is -2.54. The van der Waals surface area contributed by atoms with Gasteiger partial charge < -0.3 is 24.8 Å². The Morgan fingerprint density at radius 3 is 2.43 bits per heavy atom. The number of carbonyl (C=O) groups is 2. The molecule has 0 radical (unpaired) electrons. The normalized spacial score (nSPS) is 19.2. The van der Waals surface area contributed by atoms with Crippen LogP contribution in [0.25, 0.3) is 0 Å². The van der Waals surface area contributed by atoms with Crippen molar-refractivity contribution in [3.63, 3.8) is 0 Å². The third-order valence-corrected chi connectivity index (χ3v) is 5.60. The molecule has 0 aromatic heterocycles. The summed E-state index contributed by atoms with van der Waals surface area (Å²) in [7, 11) is 1.59. The SMILES string of the molecule is COc1ccc(N2CC(NC(=O)N3CCN(c4ccccc4F)CC3)CC2=O)cc1. The molecule has 8 heteroatoms. The second-order valence-corrected chi connectivity index (χ2v) is 7.48. The third kappa shape index (κ3) is 4.17. The summed E-state index contributed by atoms with van der Waals surface area (Å²) in [5, 5.41) is 2.97. The van der Waals surface area contributed by atoms with E-state index in [9.17, 15) is 14.0 Å². The number of hydrogen-bond donors (Lipinski definition) is 1. The summed E-state index contributed by atoms with van der Waals surface area (Å²) in [6, 6.07) is 13.5. The van der Waals surface area contributed by atoms with Gasteiger partial charge >= 0.3 is 6.03 Å². The van der Waals surface area contributed by atoms with Crippen molar-refractivity contribution in [3.05, 3.63) is 54.3 Å². The van der Waals surface area contributed by atoms with E-state index in [1.165, 1.54) is 6.07 Å². The van der Waals surface area contributed by atoms with Crippen molar-refractivity contribution in [3.8, 4) is 5.75 Å². The zero-order valence-electron chi connectivity index (χ0n) is 16.9. The van der Waals surface area contributed by atoms with Gasteiger partial charge in [-0.15, -0.1) is 0 Å². The van der Waals surface area contributed by atoms with Crippen LogP contribution in [0.3, 0.4) is 0 Å². The first kappa shape index (κ1) is 20.0. The monoisotopic (exact) mass is 412 g/mol. The van der Waals surface area contributed by atoms with Crippen LogP contribution in [0.15, 0.2) is 48.5 Å². The molecule has 2 saturated heterocycles. The number of rotatable bonds is 4. The van der Waals surface area contributed by atoms with Gasteiger partial charge in [0.1, 0.15) is 11.6 Å². The second-order valence-electron chi connectivity index (χ2n) is 7.48. The Hall–Kier alpha value is -3.29. The molecule has 2 aliphatic rings. The number of methoxy groups -OCH3 is 1. The molecule has 0 bridgehead atoms. The molecule has 30 heavy (non-hydrogen) atoms. The minimum Gasteiger partial charge on any atom is -0.497 e. The third-order valence-electron chi connectivity index (χ3n) is 5.60. The number of carbonyl (C=O) groups excluding carboxylic acids is 2. The predicted molar refractivity (Wildman–Crippen MR) is 112 cm³/mol. The van der Waals surface area contributed by atoms with E-state index in [0.717, 1.165) is 11.4 Å². The van der Waals surface area contributed by atoms with Crippen molar-refractivity contribution < 1.29 is 18.7 Å². The van der Waals surface area contributed by atoms with E-state index in [-0.39, 0.29) is 30.2 Å². The Kier molecular flexibility index (Phi) is 5.74. The topological polar surface area (TPSA) is 65.1 Å². The predicted octanol–water partition coefficient (Wildman–Crippen LogP) is 2.47. The largest absolute Gasteiger partial charge is 0.497 e. The van der Waals surface area contributed by atoms with Crippen LogP contribution in [0.2, 0.25) is 0 Å². The smallest absolute Gasteiger partial charge is 0.317 e. The second kappa shape index (κ2) is 8.61. The number of para-hydroxylation sites is 1. The zero-order valence-corrected chi connectivity index (χ0v) is 16.9. The van der Waals surface area contributed by atoms with Crippen molar-refractivity contribution in [2.45, 2.75) is 12.5 Å². The first-order valence-corrected chi connectivity index (χ1v) is 10.0. The molecule has 2 fully saturated rings. The van der Waals surface area contributed by atoms with Crippen LogP contribution in [0.1, 0.15) is 6.42 Å². The fraction of sp³-hybridized carbons (Fsp3) is 0.364. The molecule has 2 aliphatic heterocycles. The van der Waals surface area contributed by atoms with E-state index in [1.807, 2.05) is 35.2 Å². The maximum atomic E-state index is 14.0. The highest BCUT2D eigenvalue weighted by Gasteiger charge is 2.33. The van der Waals surface area contributed by atoms with Gasteiger partial charge in [0, 0.05) is 44.8 Å². The van der Waals surface area contributed by atoms with E-state index < -0.39 is 0 Å². The van der Waals surface area contributed by atoms with Gasteiger partial charge in [0.05, 0.1) is 18.8 Å². The number of urea groups is 1. The summed E-state index contributed by atoms with van der Waals surface area (Å²) in [6.45, 7) is 2.57. The quantitative estimate of drug-likeness (QED) is 0.838. The Labute approximate surface area is 175 Å². The van der Waals surface area contributed by atoms with Gasteiger partial charge in [-0.1, -0.05) is 12.1 Å². The number of benzene rings is 2. The van der Waals surface area contributed by atoms with E-state index in [4.69, 9.17) is 4.74 Å². The molecular formula is C22H25FN4O3. The van der Waals surface area contributed by atoms with Crippen LogP contribution in [-0.4, -0.2) is 62.7 Å². The first-order valence-electron chi connectivity index (χ1n) is 10.0. The molecule has 1 unspecified atom stereocenters. The molecule has 4 rings (SSSR count). The van der Waals surface area contributed by atoms with E-state index >= 15 is 0 Å². The summed E-state index contributed by atoms with van der Waals surface area (Å²) >= 11 is 0. The highest BCUT2D eigenvalue weighted by Crippen LogP contribution is 2.24. The molecule has 1 atom stereocenters. The lowest BCUT2D eigenvalue weighted by Gasteiger charge is -2.36. The summed E-state index contributed by atoms with van der Waals surface area (Å²) < 4.78 is 19.1. The van der Waals surface area contributed by atoms with Crippen molar-refractivity contribution in [2.75, 3.05) is 49.6 Å². The Morgan fingerprint density at radius 1 is 1.07 bits per heavy atom. The summed E-state index contributed by atoms with van der Waals surface area (Å²) in [4.78, 5) is 30.4. The van der Waals surface area contributed by atoms with Crippen LogP contribution in [0.4, 0.5) is 20.6 Å². The number of ether oxygens (including phenoxy) is 1. The molecule has 2 aromatic rings. The highest BCUT2D eigenvalue weighted by atomic mass is 19.1. The van der Waals surface area contributed by atoms with Crippen molar-refractivity contribution >= 4 is 23.3 Å². The molecule has 1 N–H and O–H groups in total. The van der Waals surface area contributed by atoms with Gasteiger partial charge in [-0.2, -0.15) is 0 Å². The molecule has 2 aromatic carbocycles. The van der Waals surface area contributed by atoms with E-state index in [0.29, 0.717) is 38.4 Å². The lowest BCUT2D eigenvalue weighted by atomic mass is 10.2. The van der Waals surface area contributed by atoms with Crippen LogP contribution < -0.4 is 19.9 Å². The lowest BCUT2D eigenvalue weighted by molar-refractivity contribution is -0.117. The van der Waals surface area contributed by atoms with Crippen LogP contribution in [0, 0.1) is 5.82 Å². The maximum absolute atomic E-state index is 14.0. The molecule has 0 saturated carbocycles. The minimum atomic E-state index is -0.251. The molecule has 0 aliphatic carbocycles. The molecule has 0 spiro atoms. The Balaban J connectivity index is 1.30. The number of amides is 3. The van der Waals surface area contributed by atoms with Crippen molar-refractivity contribution in [1.82, 2.24) is 10.2 Å². The fourth-order valence-electron chi connectivity index (χ4n) is 3.94. The number of piperazine rings is 1. The number of halogens is 1. The molecular weight excluding hydrogens is 387 g/mol. The van der Waals surface area contributed by atoms with Gasteiger partial charge in [-0.25, -0.2) is 9.18 Å². The number of anilines is 2. The van der Waals surface area contributed by atoms with Crippen molar-refractivity contribution in [1.29, 1.82) is 0 Å². The number of hydrogen-bond acceptors (Lipinski definition) is 4. The molecule has 158 valence electrons. The van der Waals surface area contributed by atoms with E-state index in [1.54, 1.807) is 29.0 Å². The van der Waals surface area contributed by atoms with Gasteiger partial charge in [0.25, 0.3) is 0 Å². The van der Waals surface area contributed by atoms with Crippen LogP contribution in [0.5, 0.6) is 5.75 Å². The number of nitrogens with zero attached hydrogens (tertiary/aromatic N) is 3. The standard InChI is InChI=1S/C22H25FN4O3/c1-30-18-8-6-17(7-9-18)27-15-16(14-21(27)28)24-22(29)26-12-10-25(11-13-26)20-5-3-2-4-19(20)23/h2-9,16H,10-15H2,1H3,(H,24,29). The maximum Gasteiger partial charge on any atom is 0.317 e.